The summed E-state index contributed by atoms with van der Waals surface area (Å²) >= 11 is 8.03. The number of piperazine rings is 1. The molecule has 1 aliphatic heterocycles. The minimum absolute atomic E-state index is 0.00986. The fourth-order valence-electron chi connectivity index (χ4n) is 4.28. The second kappa shape index (κ2) is 10.2. The van der Waals surface area contributed by atoms with Crippen molar-refractivity contribution < 1.29 is 9.13 Å². The van der Waals surface area contributed by atoms with Gasteiger partial charge in [0, 0.05) is 65.2 Å². The number of hydrogen-bond acceptors (Lipinski definition) is 4. The average molecular weight is 473 g/mol. The first-order chi connectivity index (χ1) is 15.4. The summed E-state index contributed by atoms with van der Waals surface area (Å²) in [4.78, 5) is 7.45. The van der Waals surface area contributed by atoms with Crippen LogP contribution in [-0.2, 0) is 0 Å². The zero-order valence-electron chi connectivity index (χ0n) is 18.9. The van der Waals surface area contributed by atoms with E-state index in [0.717, 1.165) is 61.2 Å². The average Bonchev–Trinajstić information content (AvgIpc) is 3.12. The van der Waals surface area contributed by atoms with Gasteiger partial charge in [-0.05, 0) is 74.9 Å². The summed E-state index contributed by atoms with van der Waals surface area (Å²) < 4.78 is 19.7. The van der Waals surface area contributed by atoms with Crippen molar-refractivity contribution in [3.63, 3.8) is 0 Å². The molecule has 1 aliphatic rings. The van der Waals surface area contributed by atoms with E-state index in [2.05, 4.69) is 29.7 Å². The molecule has 1 unspecified atom stereocenters. The van der Waals surface area contributed by atoms with E-state index in [-0.39, 0.29) is 11.9 Å². The number of hydrogen-bond donors (Lipinski definition) is 0. The summed E-state index contributed by atoms with van der Waals surface area (Å²) in [5.41, 5.74) is 3.40. The lowest BCUT2D eigenvalue weighted by atomic mass is 10.1. The Balaban J connectivity index is 1.40. The number of nitrogens with zero attached hydrogens (tertiary/aromatic N) is 2. The molecular formula is C26H30ClFN2OS. The molecule has 0 amide bonds. The van der Waals surface area contributed by atoms with Crippen molar-refractivity contribution in [1.29, 1.82) is 0 Å². The molecule has 0 aliphatic carbocycles. The van der Waals surface area contributed by atoms with Crippen molar-refractivity contribution in [2.75, 3.05) is 37.6 Å². The molecule has 1 saturated heterocycles. The van der Waals surface area contributed by atoms with E-state index >= 15 is 0 Å². The topological polar surface area (TPSA) is 15.7 Å². The van der Waals surface area contributed by atoms with Gasteiger partial charge in [-0.15, -0.1) is 11.3 Å². The maximum atomic E-state index is 13.2. The van der Waals surface area contributed by atoms with Crippen LogP contribution in [0.2, 0.25) is 5.02 Å². The zero-order valence-corrected chi connectivity index (χ0v) is 20.5. The van der Waals surface area contributed by atoms with Crippen LogP contribution in [0.1, 0.15) is 33.4 Å². The molecule has 2 aromatic carbocycles. The summed E-state index contributed by atoms with van der Waals surface area (Å²) in [6.45, 7) is 11.2. The van der Waals surface area contributed by atoms with Crippen LogP contribution in [-0.4, -0.2) is 37.6 Å². The van der Waals surface area contributed by atoms with E-state index in [1.54, 1.807) is 0 Å². The first-order valence-electron chi connectivity index (χ1n) is 11.1. The molecule has 3 aromatic rings. The van der Waals surface area contributed by atoms with E-state index in [1.807, 2.05) is 48.6 Å². The highest BCUT2D eigenvalue weighted by Crippen LogP contribution is 2.33. The fourth-order valence-corrected chi connectivity index (χ4v) is 5.38. The van der Waals surface area contributed by atoms with Gasteiger partial charge in [0.2, 0.25) is 0 Å². The van der Waals surface area contributed by atoms with Crippen molar-refractivity contribution in [2.45, 2.75) is 33.3 Å². The summed E-state index contributed by atoms with van der Waals surface area (Å²) in [6, 6.07) is 14.9. The number of halogens is 2. The molecule has 1 fully saturated rings. The van der Waals surface area contributed by atoms with Crippen LogP contribution in [0.4, 0.5) is 10.1 Å². The molecule has 32 heavy (non-hydrogen) atoms. The van der Waals surface area contributed by atoms with Crippen LogP contribution in [0.3, 0.4) is 0 Å². The molecule has 0 spiro atoms. The number of aryl methyl sites for hydroxylation is 3. The van der Waals surface area contributed by atoms with Crippen LogP contribution < -0.4 is 9.64 Å². The van der Waals surface area contributed by atoms with Crippen molar-refractivity contribution in [3.8, 4) is 5.75 Å². The van der Waals surface area contributed by atoms with Gasteiger partial charge in [-0.2, -0.15) is 0 Å². The molecule has 3 nitrogen and oxygen atoms in total. The molecule has 1 aromatic heterocycles. The Morgan fingerprint density at radius 1 is 1.00 bits per heavy atom. The SMILES string of the molecule is Cc1cc(C(CCN2CCN(c3ccc(F)cc3)CC2)Oc2ccc(Cl)c(C)c2)c(C)s1. The van der Waals surface area contributed by atoms with Gasteiger partial charge in [0.1, 0.15) is 17.7 Å². The highest BCUT2D eigenvalue weighted by atomic mass is 35.5. The standard InChI is InChI=1S/C26H30ClFN2OS/c1-18-16-23(8-9-25(18)27)31-26(24-17-19(2)32-20(24)3)10-11-29-12-14-30(15-13-29)22-6-4-21(28)5-7-22/h4-9,16-17,26H,10-15H2,1-3H3. The lowest BCUT2D eigenvalue weighted by Gasteiger charge is -2.36. The zero-order chi connectivity index (χ0) is 22.7. The second-order valence-corrected chi connectivity index (χ2v) is 10.3. The second-order valence-electron chi connectivity index (χ2n) is 8.48. The predicted molar refractivity (Wildman–Crippen MR) is 133 cm³/mol. The third-order valence-corrected chi connectivity index (χ3v) is 7.51. The minimum atomic E-state index is -0.187. The quantitative estimate of drug-likeness (QED) is 0.376. The Kier molecular flexibility index (Phi) is 7.39. The first-order valence-corrected chi connectivity index (χ1v) is 12.3. The Labute approximate surface area is 199 Å². The smallest absolute Gasteiger partial charge is 0.126 e. The third-order valence-electron chi connectivity index (χ3n) is 6.11. The van der Waals surface area contributed by atoms with Crippen LogP contribution in [0.15, 0.2) is 48.5 Å². The van der Waals surface area contributed by atoms with Gasteiger partial charge in [-0.1, -0.05) is 11.6 Å². The third kappa shape index (κ3) is 5.64. The molecule has 0 N–H and O–H groups in total. The van der Waals surface area contributed by atoms with Crippen LogP contribution in [0.5, 0.6) is 5.75 Å². The molecule has 0 bridgehead atoms. The molecule has 170 valence electrons. The number of anilines is 1. The molecule has 6 heteroatoms. The van der Waals surface area contributed by atoms with Gasteiger partial charge in [0.05, 0.1) is 0 Å². The van der Waals surface area contributed by atoms with Gasteiger partial charge < -0.3 is 9.64 Å². The number of thiophene rings is 1. The highest BCUT2D eigenvalue weighted by molar-refractivity contribution is 7.12. The number of ether oxygens (including phenoxy) is 1. The Hall–Kier alpha value is -2.08. The molecular weight excluding hydrogens is 443 g/mol. The van der Waals surface area contributed by atoms with Gasteiger partial charge in [-0.25, -0.2) is 4.39 Å². The van der Waals surface area contributed by atoms with Crippen molar-refractivity contribution >= 4 is 28.6 Å². The molecule has 4 rings (SSSR count). The number of rotatable bonds is 7. The molecule has 0 radical (unpaired) electrons. The molecule has 2 heterocycles. The maximum absolute atomic E-state index is 13.2. The van der Waals surface area contributed by atoms with Gasteiger partial charge in [-0.3, -0.25) is 4.90 Å². The van der Waals surface area contributed by atoms with Crippen LogP contribution >= 0.6 is 22.9 Å². The van der Waals surface area contributed by atoms with Gasteiger partial charge in [0.25, 0.3) is 0 Å². The van der Waals surface area contributed by atoms with Crippen molar-refractivity contribution in [3.05, 3.63) is 80.3 Å². The molecule has 1 atom stereocenters. The van der Waals surface area contributed by atoms with Crippen molar-refractivity contribution in [1.82, 2.24) is 4.90 Å². The lowest BCUT2D eigenvalue weighted by Crippen LogP contribution is -2.46. The van der Waals surface area contributed by atoms with E-state index in [4.69, 9.17) is 16.3 Å². The normalized spacial score (nSPS) is 15.7. The maximum Gasteiger partial charge on any atom is 0.126 e. The highest BCUT2D eigenvalue weighted by Gasteiger charge is 2.22. The van der Waals surface area contributed by atoms with Gasteiger partial charge >= 0.3 is 0 Å². The van der Waals surface area contributed by atoms with Crippen LogP contribution in [0, 0.1) is 26.6 Å². The Morgan fingerprint density at radius 2 is 1.72 bits per heavy atom. The van der Waals surface area contributed by atoms with E-state index < -0.39 is 0 Å². The van der Waals surface area contributed by atoms with Gasteiger partial charge in [0.15, 0.2) is 0 Å². The summed E-state index contributed by atoms with van der Waals surface area (Å²) in [5.74, 6) is 0.676. The number of benzene rings is 2. The van der Waals surface area contributed by atoms with E-state index in [9.17, 15) is 4.39 Å². The predicted octanol–water partition coefficient (Wildman–Crippen LogP) is 6.80. The largest absolute Gasteiger partial charge is 0.486 e. The first kappa shape index (κ1) is 23.1. The monoisotopic (exact) mass is 472 g/mol. The Bertz CT molecular complexity index is 1040. The lowest BCUT2D eigenvalue weighted by molar-refractivity contribution is 0.160. The fraction of sp³-hybridized carbons (Fsp3) is 0.385. The summed E-state index contributed by atoms with van der Waals surface area (Å²) in [6.07, 6.45) is 0.936. The minimum Gasteiger partial charge on any atom is -0.486 e. The van der Waals surface area contributed by atoms with Crippen molar-refractivity contribution in [2.24, 2.45) is 0 Å². The summed E-state index contributed by atoms with van der Waals surface area (Å²) in [5, 5.41) is 0.760. The molecule has 0 saturated carbocycles. The van der Waals surface area contributed by atoms with E-state index in [0.29, 0.717) is 0 Å². The van der Waals surface area contributed by atoms with Crippen LogP contribution in [0.25, 0.3) is 0 Å². The summed E-state index contributed by atoms with van der Waals surface area (Å²) in [7, 11) is 0. The van der Waals surface area contributed by atoms with E-state index in [1.165, 1.54) is 27.5 Å². The Morgan fingerprint density at radius 3 is 2.34 bits per heavy atom.